The van der Waals surface area contributed by atoms with E-state index in [2.05, 4.69) is 15.3 Å². The Morgan fingerprint density at radius 3 is 2.72 bits per heavy atom. The highest BCUT2D eigenvalue weighted by atomic mass is 19.1. The second-order valence-electron chi connectivity index (χ2n) is 5.74. The molecule has 7 nitrogen and oxygen atoms in total. The van der Waals surface area contributed by atoms with Gasteiger partial charge in [-0.15, -0.1) is 0 Å². The molecule has 2 heterocycles. The molecule has 0 unspecified atom stereocenters. The van der Waals surface area contributed by atoms with Crippen LogP contribution in [0.25, 0.3) is 0 Å². The van der Waals surface area contributed by atoms with Gasteiger partial charge >= 0.3 is 6.03 Å². The van der Waals surface area contributed by atoms with Crippen molar-refractivity contribution in [2.24, 2.45) is 0 Å². The number of benzene rings is 1. The summed E-state index contributed by atoms with van der Waals surface area (Å²) in [7, 11) is 0. The number of nitrogens with one attached hydrogen (secondary N) is 1. The molecule has 0 bridgehead atoms. The van der Waals surface area contributed by atoms with Crippen LogP contribution in [-0.4, -0.2) is 38.5 Å². The number of carbonyl (C=O) groups excluding carboxylic acids is 2. The van der Waals surface area contributed by atoms with Gasteiger partial charge in [0.1, 0.15) is 11.6 Å². The Labute approximate surface area is 141 Å². The van der Waals surface area contributed by atoms with Crippen LogP contribution in [0.1, 0.15) is 24.3 Å². The molecule has 1 aromatic carbocycles. The van der Waals surface area contributed by atoms with E-state index in [1.54, 1.807) is 0 Å². The lowest BCUT2D eigenvalue weighted by atomic mass is 9.98. The molecule has 1 aliphatic rings. The van der Waals surface area contributed by atoms with Crippen molar-refractivity contribution < 1.29 is 23.5 Å². The molecule has 1 saturated heterocycles. The predicted octanol–water partition coefficient (Wildman–Crippen LogP) is 1.26. The van der Waals surface area contributed by atoms with E-state index in [1.807, 2.05) is 0 Å². The Morgan fingerprint density at radius 1 is 1.32 bits per heavy atom. The summed E-state index contributed by atoms with van der Waals surface area (Å²) in [5.41, 5.74) is -1.42. The molecule has 2 N–H and O–H groups in total. The average Bonchev–Trinajstić information content (AvgIpc) is 2.80. The van der Waals surface area contributed by atoms with Gasteiger partial charge in [0.05, 0.1) is 24.5 Å². The van der Waals surface area contributed by atoms with Gasteiger partial charge in [-0.25, -0.2) is 13.6 Å². The number of halogens is 2. The largest absolute Gasteiger partial charge is 0.386 e. The Bertz CT molecular complexity index is 833. The maximum Gasteiger partial charge on any atom is 0.325 e. The first-order valence-electron chi connectivity index (χ1n) is 7.36. The van der Waals surface area contributed by atoms with E-state index in [4.69, 9.17) is 0 Å². The number of rotatable bonds is 4. The van der Waals surface area contributed by atoms with Gasteiger partial charge in [0, 0.05) is 24.0 Å². The van der Waals surface area contributed by atoms with Gasteiger partial charge in [0.2, 0.25) is 0 Å². The minimum absolute atomic E-state index is 0.213. The number of β-amino-alcohol motifs (C(OH)–C–C–N with tert-alkyl or cyclic N) is 1. The molecule has 0 aliphatic carbocycles. The standard InChI is InChI=1S/C16H14F2N4O3/c1-16(13-7-19-4-5-20-13)14(24)22(15(25)21-16)8-12(23)10-3-2-9(17)6-11(10)18/h2-7,12,23H,8H2,1H3,(H,21,25)/t12-,16-/m0/s1. The van der Waals surface area contributed by atoms with Crippen LogP contribution >= 0.6 is 0 Å². The lowest BCUT2D eigenvalue weighted by Gasteiger charge is -2.22. The summed E-state index contributed by atoms with van der Waals surface area (Å²) in [6.07, 6.45) is 2.65. The van der Waals surface area contributed by atoms with E-state index in [0.29, 0.717) is 6.07 Å². The lowest BCUT2D eigenvalue weighted by molar-refractivity contribution is -0.132. The Balaban J connectivity index is 1.84. The van der Waals surface area contributed by atoms with Crippen molar-refractivity contribution >= 4 is 11.9 Å². The zero-order chi connectivity index (χ0) is 18.2. The average molecular weight is 348 g/mol. The third kappa shape index (κ3) is 2.93. The highest BCUT2D eigenvalue weighted by molar-refractivity contribution is 6.07. The quantitative estimate of drug-likeness (QED) is 0.811. The molecule has 130 valence electrons. The summed E-state index contributed by atoms with van der Waals surface area (Å²) in [5, 5.41) is 12.7. The second-order valence-corrected chi connectivity index (χ2v) is 5.74. The van der Waals surface area contributed by atoms with E-state index >= 15 is 0 Å². The number of hydrogen-bond acceptors (Lipinski definition) is 5. The van der Waals surface area contributed by atoms with Crippen molar-refractivity contribution in [1.82, 2.24) is 20.2 Å². The summed E-state index contributed by atoms with van der Waals surface area (Å²) < 4.78 is 26.7. The maximum atomic E-state index is 13.8. The van der Waals surface area contributed by atoms with Gasteiger partial charge in [0.15, 0.2) is 5.54 Å². The van der Waals surface area contributed by atoms with Crippen LogP contribution in [-0.2, 0) is 10.3 Å². The van der Waals surface area contributed by atoms with Crippen molar-refractivity contribution in [3.8, 4) is 0 Å². The first-order valence-corrected chi connectivity index (χ1v) is 7.36. The fourth-order valence-electron chi connectivity index (χ4n) is 2.64. The third-order valence-corrected chi connectivity index (χ3v) is 4.03. The topological polar surface area (TPSA) is 95.4 Å². The van der Waals surface area contributed by atoms with Crippen LogP contribution in [0.2, 0.25) is 0 Å². The number of aliphatic hydroxyl groups excluding tert-OH is 1. The van der Waals surface area contributed by atoms with E-state index in [9.17, 15) is 23.5 Å². The Morgan fingerprint density at radius 2 is 2.08 bits per heavy atom. The molecule has 0 spiro atoms. The number of imide groups is 1. The number of nitrogens with zero attached hydrogens (tertiary/aromatic N) is 3. The molecular weight excluding hydrogens is 334 g/mol. The molecule has 2 atom stereocenters. The van der Waals surface area contributed by atoms with E-state index in [1.165, 1.54) is 25.5 Å². The molecule has 3 rings (SSSR count). The normalized spacial score (nSPS) is 21.4. The van der Waals surface area contributed by atoms with Crippen LogP contribution in [0, 0.1) is 11.6 Å². The van der Waals surface area contributed by atoms with Gasteiger partial charge in [-0.1, -0.05) is 6.07 Å². The van der Waals surface area contributed by atoms with Gasteiger partial charge in [-0.2, -0.15) is 0 Å². The molecular formula is C16H14F2N4O3. The summed E-state index contributed by atoms with van der Waals surface area (Å²) in [6.45, 7) is 0.977. The van der Waals surface area contributed by atoms with Crippen molar-refractivity contribution in [1.29, 1.82) is 0 Å². The van der Waals surface area contributed by atoms with Crippen LogP contribution in [0.3, 0.4) is 0 Å². The van der Waals surface area contributed by atoms with Crippen molar-refractivity contribution in [3.63, 3.8) is 0 Å². The van der Waals surface area contributed by atoms with E-state index < -0.39 is 41.8 Å². The highest BCUT2D eigenvalue weighted by Crippen LogP contribution is 2.29. The predicted molar refractivity (Wildman–Crippen MR) is 80.9 cm³/mol. The van der Waals surface area contributed by atoms with Crippen LogP contribution in [0.15, 0.2) is 36.8 Å². The Kier molecular flexibility index (Phi) is 4.17. The summed E-state index contributed by atoms with van der Waals surface area (Å²) in [6, 6.07) is 1.92. The summed E-state index contributed by atoms with van der Waals surface area (Å²) in [5.74, 6) is -2.41. The molecule has 9 heteroatoms. The first kappa shape index (κ1) is 16.9. The lowest BCUT2D eigenvalue weighted by Crippen LogP contribution is -2.42. The SMILES string of the molecule is C[C@@]1(c2cnccn2)NC(=O)N(C[C@H](O)c2ccc(F)cc2F)C1=O. The Hall–Kier alpha value is -2.94. The summed E-state index contributed by atoms with van der Waals surface area (Å²) >= 11 is 0. The van der Waals surface area contributed by atoms with E-state index in [-0.39, 0.29) is 11.3 Å². The fraction of sp³-hybridized carbons (Fsp3) is 0.250. The number of carbonyl (C=O) groups is 2. The minimum Gasteiger partial charge on any atom is -0.386 e. The third-order valence-electron chi connectivity index (χ3n) is 4.03. The zero-order valence-corrected chi connectivity index (χ0v) is 13.1. The summed E-state index contributed by atoms with van der Waals surface area (Å²) in [4.78, 5) is 33.5. The van der Waals surface area contributed by atoms with Crippen molar-refractivity contribution in [3.05, 3.63) is 59.7 Å². The number of aliphatic hydroxyl groups is 1. The number of amides is 3. The van der Waals surface area contributed by atoms with Crippen molar-refractivity contribution in [2.75, 3.05) is 6.54 Å². The molecule has 0 radical (unpaired) electrons. The second kappa shape index (κ2) is 6.17. The van der Waals surface area contributed by atoms with E-state index in [0.717, 1.165) is 17.0 Å². The molecule has 1 aliphatic heterocycles. The number of hydrogen-bond donors (Lipinski definition) is 2. The zero-order valence-electron chi connectivity index (χ0n) is 13.1. The molecule has 3 amide bonds. The van der Waals surface area contributed by atoms with Crippen LogP contribution in [0.5, 0.6) is 0 Å². The van der Waals surface area contributed by atoms with Gasteiger partial charge < -0.3 is 10.4 Å². The first-order chi connectivity index (χ1) is 11.8. The van der Waals surface area contributed by atoms with Crippen LogP contribution < -0.4 is 5.32 Å². The molecule has 1 fully saturated rings. The number of aromatic nitrogens is 2. The molecule has 1 aromatic heterocycles. The highest BCUT2D eigenvalue weighted by Gasteiger charge is 2.50. The number of urea groups is 1. The van der Waals surface area contributed by atoms with Gasteiger partial charge in [-0.3, -0.25) is 19.7 Å². The van der Waals surface area contributed by atoms with Crippen molar-refractivity contribution in [2.45, 2.75) is 18.6 Å². The smallest absolute Gasteiger partial charge is 0.325 e. The molecule has 25 heavy (non-hydrogen) atoms. The van der Waals surface area contributed by atoms with Gasteiger partial charge in [-0.05, 0) is 13.0 Å². The van der Waals surface area contributed by atoms with Gasteiger partial charge in [0.25, 0.3) is 5.91 Å². The monoisotopic (exact) mass is 348 g/mol. The maximum absolute atomic E-state index is 13.8. The molecule has 0 saturated carbocycles. The molecule has 2 aromatic rings. The van der Waals surface area contributed by atoms with Crippen LogP contribution in [0.4, 0.5) is 13.6 Å². The fourth-order valence-corrected chi connectivity index (χ4v) is 2.64. The minimum atomic E-state index is -1.50.